The van der Waals surface area contributed by atoms with Gasteiger partial charge in [0.15, 0.2) is 6.21 Å². The molecule has 2 aromatic carbocycles. The summed E-state index contributed by atoms with van der Waals surface area (Å²) in [6, 6.07) is 16.0. The molecule has 0 saturated heterocycles. The summed E-state index contributed by atoms with van der Waals surface area (Å²) in [5.74, 6) is 0.0321. The third-order valence-corrected chi connectivity index (χ3v) is 4.12. The maximum Gasteiger partial charge on any atom is 0.407 e. The summed E-state index contributed by atoms with van der Waals surface area (Å²) in [7, 11) is 1.37. The van der Waals surface area contributed by atoms with Gasteiger partial charge in [-0.05, 0) is 29.2 Å². The molecule has 0 bridgehead atoms. The number of hydrogen-bond donors (Lipinski definition) is 1. The Morgan fingerprint density at radius 1 is 1.21 bits per heavy atom. The summed E-state index contributed by atoms with van der Waals surface area (Å²) in [5.41, 5.74) is 4.73. The van der Waals surface area contributed by atoms with E-state index in [1.54, 1.807) is 6.92 Å². The summed E-state index contributed by atoms with van der Waals surface area (Å²) in [5, 5.41) is 13.6. The van der Waals surface area contributed by atoms with Crippen molar-refractivity contribution in [3.05, 3.63) is 64.9 Å². The molecule has 0 aliphatic heterocycles. The van der Waals surface area contributed by atoms with Crippen LogP contribution in [0.4, 0.5) is 4.79 Å². The Morgan fingerprint density at radius 2 is 1.75 bits per heavy atom. The quantitative estimate of drug-likeness (QED) is 0.407. The fourth-order valence-electron chi connectivity index (χ4n) is 3.18. The Labute approximate surface area is 141 Å². The number of ether oxygens (including phenoxy) is 1. The number of amides is 1. The van der Waals surface area contributed by atoms with Crippen LogP contribution < -0.4 is 5.32 Å². The molecule has 1 atom stereocenters. The fourth-order valence-corrected chi connectivity index (χ4v) is 3.18. The first-order valence-electron chi connectivity index (χ1n) is 7.92. The van der Waals surface area contributed by atoms with Crippen molar-refractivity contribution < 1.29 is 14.3 Å². The molecule has 0 radical (unpaired) electrons. The number of nitrogens with zero attached hydrogens (tertiary/aromatic N) is 1. The summed E-state index contributed by atoms with van der Waals surface area (Å²) in [6.07, 6.45) is 0.837. The van der Waals surface area contributed by atoms with E-state index in [4.69, 9.17) is 4.74 Å². The third-order valence-electron chi connectivity index (χ3n) is 4.12. The van der Waals surface area contributed by atoms with Crippen molar-refractivity contribution in [2.24, 2.45) is 0 Å². The monoisotopic (exact) mass is 324 g/mol. The number of carbonyl (C=O) groups excluding carboxylic acids is 1. The van der Waals surface area contributed by atoms with Crippen molar-refractivity contribution >= 4 is 12.3 Å². The van der Waals surface area contributed by atoms with Crippen LogP contribution >= 0.6 is 0 Å². The minimum absolute atomic E-state index is 0.0321. The van der Waals surface area contributed by atoms with Crippen LogP contribution in [0.1, 0.15) is 24.0 Å². The van der Waals surface area contributed by atoms with E-state index in [0.717, 1.165) is 0 Å². The molecule has 1 amide bonds. The van der Waals surface area contributed by atoms with Gasteiger partial charge >= 0.3 is 6.09 Å². The predicted octanol–water partition coefficient (Wildman–Crippen LogP) is 3.12. The standard InChI is InChI=1S/C19H20N2O3/c1-13(11-21(2)23)20-19(22)24-12-18-16-9-5-3-7-14(16)15-8-4-6-10-17(15)18/h3-11,13,18H,12H2,1-2H3,(H,20,22)/b21-11-/t13-/m0/s1. The molecule has 1 N–H and O–H groups in total. The first kappa shape index (κ1) is 16.1. The summed E-state index contributed by atoms with van der Waals surface area (Å²) in [6.45, 7) is 1.98. The molecule has 0 aromatic heterocycles. The summed E-state index contributed by atoms with van der Waals surface area (Å²) >= 11 is 0. The van der Waals surface area contributed by atoms with Gasteiger partial charge in [-0.15, -0.1) is 0 Å². The average Bonchev–Trinajstić information content (AvgIpc) is 2.86. The molecule has 2 aromatic rings. The Balaban J connectivity index is 1.72. The Bertz CT molecular complexity index is 736. The van der Waals surface area contributed by atoms with Gasteiger partial charge in [-0.1, -0.05) is 48.5 Å². The van der Waals surface area contributed by atoms with Crippen LogP contribution in [0.5, 0.6) is 0 Å². The maximum atomic E-state index is 11.9. The predicted molar refractivity (Wildman–Crippen MR) is 93.3 cm³/mol. The lowest BCUT2D eigenvalue weighted by atomic mass is 9.98. The molecule has 0 saturated carbocycles. The molecule has 1 aliphatic rings. The van der Waals surface area contributed by atoms with E-state index < -0.39 is 6.09 Å². The third kappa shape index (κ3) is 3.25. The molecule has 0 unspecified atom stereocenters. The highest BCUT2D eigenvalue weighted by molar-refractivity contribution is 5.79. The van der Waals surface area contributed by atoms with E-state index >= 15 is 0 Å². The second-order valence-corrected chi connectivity index (χ2v) is 5.95. The smallest absolute Gasteiger partial charge is 0.407 e. The number of carbonyl (C=O) groups is 1. The molecule has 0 fully saturated rings. The Hall–Kier alpha value is -2.82. The van der Waals surface area contributed by atoms with E-state index in [-0.39, 0.29) is 18.6 Å². The van der Waals surface area contributed by atoms with Crippen LogP contribution in [0.2, 0.25) is 0 Å². The average molecular weight is 324 g/mol. The second kappa shape index (κ2) is 6.74. The van der Waals surface area contributed by atoms with Gasteiger partial charge in [0.1, 0.15) is 19.7 Å². The molecule has 3 rings (SSSR count). The van der Waals surface area contributed by atoms with Gasteiger partial charge in [0.05, 0.1) is 0 Å². The van der Waals surface area contributed by atoms with Gasteiger partial charge in [0, 0.05) is 5.92 Å². The minimum Gasteiger partial charge on any atom is -0.624 e. The number of fused-ring (bicyclic) bond motifs is 3. The Kier molecular flexibility index (Phi) is 4.51. The number of benzene rings is 2. The SMILES string of the molecule is C[C@@H](/C=[N+](/C)[O-])NC(=O)OCC1c2ccccc2-c2ccccc21. The highest BCUT2D eigenvalue weighted by Gasteiger charge is 2.29. The van der Waals surface area contributed by atoms with Gasteiger partial charge in [-0.25, -0.2) is 9.53 Å². The van der Waals surface area contributed by atoms with E-state index in [1.165, 1.54) is 35.5 Å². The number of alkyl carbamates (subject to hydrolysis) is 1. The molecule has 5 heteroatoms. The largest absolute Gasteiger partial charge is 0.624 e. The molecular weight excluding hydrogens is 304 g/mol. The number of rotatable bonds is 4. The van der Waals surface area contributed by atoms with E-state index in [0.29, 0.717) is 4.74 Å². The topological polar surface area (TPSA) is 64.4 Å². The highest BCUT2D eigenvalue weighted by atomic mass is 16.5. The normalized spacial score (nSPS) is 14.7. The highest BCUT2D eigenvalue weighted by Crippen LogP contribution is 2.44. The fraction of sp³-hybridized carbons (Fsp3) is 0.263. The number of hydrogen-bond acceptors (Lipinski definition) is 3. The minimum atomic E-state index is -0.525. The van der Waals surface area contributed by atoms with Gasteiger partial charge < -0.3 is 15.3 Å². The number of hydroxylamine groups is 1. The van der Waals surface area contributed by atoms with E-state index in [9.17, 15) is 10.0 Å². The molecule has 1 aliphatic carbocycles. The lowest BCUT2D eigenvalue weighted by Crippen LogP contribution is -2.36. The zero-order valence-corrected chi connectivity index (χ0v) is 13.7. The van der Waals surface area contributed by atoms with Gasteiger partial charge in [-0.3, -0.25) is 0 Å². The molecule has 0 heterocycles. The maximum absolute atomic E-state index is 11.9. The van der Waals surface area contributed by atoms with Crippen LogP contribution in [0, 0.1) is 5.21 Å². The van der Waals surface area contributed by atoms with Crippen molar-refractivity contribution in [1.29, 1.82) is 0 Å². The molecule has 0 spiro atoms. The van der Waals surface area contributed by atoms with Crippen molar-refractivity contribution in [1.82, 2.24) is 5.32 Å². The summed E-state index contributed by atoms with van der Waals surface area (Å²) < 4.78 is 6.06. The lowest BCUT2D eigenvalue weighted by Gasteiger charge is -2.15. The Morgan fingerprint density at radius 3 is 2.29 bits per heavy atom. The van der Waals surface area contributed by atoms with Crippen LogP contribution in [0.25, 0.3) is 11.1 Å². The van der Waals surface area contributed by atoms with Crippen molar-refractivity contribution in [3.8, 4) is 11.1 Å². The molecule has 124 valence electrons. The molecule has 5 nitrogen and oxygen atoms in total. The first-order valence-corrected chi connectivity index (χ1v) is 7.92. The van der Waals surface area contributed by atoms with Crippen molar-refractivity contribution in [2.45, 2.75) is 18.9 Å². The van der Waals surface area contributed by atoms with Gasteiger partial charge in [0.25, 0.3) is 0 Å². The van der Waals surface area contributed by atoms with Gasteiger partial charge in [0.2, 0.25) is 0 Å². The molecule has 24 heavy (non-hydrogen) atoms. The first-order chi connectivity index (χ1) is 11.6. The van der Waals surface area contributed by atoms with Crippen molar-refractivity contribution in [2.75, 3.05) is 13.7 Å². The van der Waals surface area contributed by atoms with Gasteiger partial charge in [-0.2, -0.15) is 0 Å². The molecular formula is C19H20N2O3. The van der Waals surface area contributed by atoms with Crippen LogP contribution in [0.15, 0.2) is 48.5 Å². The number of nitrogens with one attached hydrogen (secondary N) is 1. The summed E-state index contributed by atoms with van der Waals surface area (Å²) in [4.78, 5) is 11.9. The zero-order chi connectivity index (χ0) is 17.1. The van der Waals surface area contributed by atoms with Crippen LogP contribution in [0.3, 0.4) is 0 Å². The zero-order valence-electron chi connectivity index (χ0n) is 13.7. The van der Waals surface area contributed by atoms with Crippen LogP contribution in [-0.4, -0.2) is 36.7 Å². The second-order valence-electron chi connectivity index (χ2n) is 5.95. The lowest BCUT2D eigenvalue weighted by molar-refractivity contribution is -0.419. The van der Waals surface area contributed by atoms with E-state index in [2.05, 4.69) is 29.6 Å². The van der Waals surface area contributed by atoms with Crippen molar-refractivity contribution in [3.63, 3.8) is 0 Å². The van der Waals surface area contributed by atoms with Crippen LogP contribution in [-0.2, 0) is 4.74 Å². The van der Waals surface area contributed by atoms with E-state index in [1.807, 2.05) is 24.3 Å².